The first-order chi connectivity index (χ1) is 25.0. The number of ether oxygens (including phenoxy) is 2. The lowest BCUT2D eigenvalue weighted by molar-refractivity contribution is -0.0206. The third-order valence-electron chi connectivity index (χ3n) is 10.1. The average molecular weight is 715 g/mol. The quantitative estimate of drug-likeness (QED) is 0.209. The zero-order valence-electron chi connectivity index (χ0n) is 29.6. The number of hydrogen-bond acceptors (Lipinski definition) is 9. The van der Waals surface area contributed by atoms with Crippen molar-refractivity contribution in [3.63, 3.8) is 0 Å². The molecule has 0 saturated carbocycles. The topological polar surface area (TPSA) is 116 Å². The number of piperazine rings is 1. The molecule has 4 heterocycles. The molecule has 0 bridgehead atoms. The number of aliphatic hydroxyl groups excluding tert-OH is 1. The van der Waals surface area contributed by atoms with E-state index in [1.165, 1.54) is 34.0 Å². The molecule has 5 aromatic rings. The summed E-state index contributed by atoms with van der Waals surface area (Å²) in [6.07, 6.45) is 4.25. The third-order valence-corrected chi connectivity index (χ3v) is 10.1. The highest BCUT2D eigenvalue weighted by atomic mass is 19.1. The minimum absolute atomic E-state index is 0.0130. The van der Waals surface area contributed by atoms with Crippen molar-refractivity contribution in [1.82, 2.24) is 29.1 Å². The molecule has 52 heavy (non-hydrogen) atoms. The van der Waals surface area contributed by atoms with Gasteiger partial charge < -0.3 is 24.4 Å². The Balaban J connectivity index is 0.914. The highest BCUT2D eigenvalue weighted by molar-refractivity contribution is 5.54. The van der Waals surface area contributed by atoms with Crippen LogP contribution in [0.25, 0.3) is 5.69 Å². The van der Waals surface area contributed by atoms with Gasteiger partial charge in [0.05, 0.1) is 38.1 Å². The summed E-state index contributed by atoms with van der Waals surface area (Å²) >= 11 is 0. The number of anilines is 2. The van der Waals surface area contributed by atoms with Crippen LogP contribution in [0.1, 0.15) is 32.8 Å². The van der Waals surface area contributed by atoms with Crippen LogP contribution in [0.4, 0.5) is 20.2 Å². The number of aromatic nitrogens is 6. The second-order valence-corrected chi connectivity index (χ2v) is 14.7. The van der Waals surface area contributed by atoms with Crippen LogP contribution in [-0.4, -0.2) is 79.7 Å². The van der Waals surface area contributed by atoms with Gasteiger partial charge in [-0.3, -0.25) is 0 Å². The molecule has 1 unspecified atom stereocenters. The number of aliphatic hydroxyl groups is 1. The van der Waals surface area contributed by atoms with Crippen LogP contribution in [0.15, 0.2) is 90.5 Å². The van der Waals surface area contributed by atoms with E-state index < -0.39 is 23.3 Å². The van der Waals surface area contributed by atoms with Gasteiger partial charge in [0, 0.05) is 55.1 Å². The first kappa shape index (κ1) is 35.3. The number of halogens is 2. The normalized spacial score (nSPS) is 20.0. The van der Waals surface area contributed by atoms with Crippen molar-refractivity contribution in [3.05, 3.63) is 113 Å². The van der Waals surface area contributed by atoms with Crippen LogP contribution >= 0.6 is 0 Å². The van der Waals surface area contributed by atoms with Gasteiger partial charge in [0.25, 0.3) is 0 Å². The van der Waals surface area contributed by atoms with Gasteiger partial charge in [-0.15, -0.1) is 0 Å². The molecule has 2 aliphatic heterocycles. The van der Waals surface area contributed by atoms with Gasteiger partial charge in [-0.05, 0) is 66.4 Å². The van der Waals surface area contributed by atoms with Crippen molar-refractivity contribution in [2.24, 2.45) is 11.3 Å². The van der Waals surface area contributed by atoms with Gasteiger partial charge in [-0.2, -0.15) is 10.2 Å². The Bertz CT molecular complexity index is 2000. The minimum Gasteiger partial charge on any atom is -0.493 e. The predicted octanol–water partition coefficient (Wildman–Crippen LogP) is 4.65. The predicted molar refractivity (Wildman–Crippen MR) is 192 cm³/mol. The van der Waals surface area contributed by atoms with E-state index in [0.717, 1.165) is 55.1 Å². The van der Waals surface area contributed by atoms with Crippen molar-refractivity contribution in [2.75, 3.05) is 49.2 Å². The molecule has 274 valence electrons. The fourth-order valence-corrected chi connectivity index (χ4v) is 6.88. The molecule has 12 nitrogen and oxygen atoms in total. The van der Waals surface area contributed by atoms with E-state index in [0.29, 0.717) is 25.2 Å². The van der Waals surface area contributed by atoms with Crippen molar-refractivity contribution in [3.8, 4) is 11.4 Å². The zero-order chi connectivity index (χ0) is 36.5. The lowest BCUT2D eigenvalue weighted by Crippen LogP contribution is -2.46. The Morgan fingerprint density at radius 2 is 1.58 bits per heavy atom. The first-order valence-corrected chi connectivity index (χ1v) is 17.6. The van der Waals surface area contributed by atoms with E-state index in [-0.39, 0.29) is 30.1 Å². The van der Waals surface area contributed by atoms with E-state index in [1.807, 2.05) is 57.2 Å². The highest BCUT2D eigenvalue weighted by Gasteiger charge is 2.44. The fourth-order valence-electron chi connectivity index (χ4n) is 6.88. The molecule has 0 aliphatic carbocycles. The standard InChI is InChI=1S/C38H44F2N8O4/c1-37(2,3)35(49)20-48-36(50)47(26-43-48)31-7-5-29(6-8-31)44-14-16-45(17-15-44)30-9-11-32(12-10-30)51-21-27-19-38(52-22-27,23-46-25-41-24-42-46)33-13-4-28(39)18-34(33)40/h4-13,18,24-27,35,49H,14-17,19-23H2,1-3H3/t27-,35?,38+/m0/s1. The van der Waals surface area contributed by atoms with E-state index in [9.17, 15) is 18.7 Å². The van der Waals surface area contributed by atoms with Crippen LogP contribution in [0.2, 0.25) is 0 Å². The van der Waals surface area contributed by atoms with Crippen LogP contribution in [0.5, 0.6) is 5.75 Å². The Labute approximate surface area is 300 Å². The summed E-state index contributed by atoms with van der Waals surface area (Å²) in [6.45, 7) is 10.3. The van der Waals surface area contributed by atoms with Gasteiger partial charge in [-0.25, -0.2) is 32.5 Å². The van der Waals surface area contributed by atoms with Gasteiger partial charge in [0.1, 0.15) is 42.0 Å². The molecule has 2 fully saturated rings. The molecular weight excluding hydrogens is 670 g/mol. The maximum Gasteiger partial charge on any atom is 0.350 e. The second kappa shape index (κ2) is 14.5. The first-order valence-electron chi connectivity index (χ1n) is 17.6. The van der Waals surface area contributed by atoms with E-state index in [2.05, 4.69) is 37.1 Å². The molecule has 7 rings (SSSR count). The van der Waals surface area contributed by atoms with Gasteiger partial charge in [-0.1, -0.05) is 26.8 Å². The summed E-state index contributed by atoms with van der Waals surface area (Å²) in [5.41, 5.74) is 1.55. The largest absolute Gasteiger partial charge is 0.493 e. The van der Waals surface area contributed by atoms with E-state index in [4.69, 9.17) is 9.47 Å². The van der Waals surface area contributed by atoms with Crippen molar-refractivity contribution in [2.45, 2.75) is 52.0 Å². The second-order valence-electron chi connectivity index (χ2n) is 14.7. The molecular formula is C38H44F2N8O4. The van der Waals surface area contributed by atoms with Crippen molar-refractivity contribution >= 4 is 11.4 Å². The third kappa shape index (κ3) is 7.58. The van der Waals surface area contributed by atoms with Gasteiger partial charge in [0.15, 0.2) is 0 Å². The summed E-state index contributed by atoms with van der Waals surface area (Å²) in [4.78, 5) is 21.6. The molecule has 2 saturated heterocycles. The average Bonchev–Trinajstić information content (AvgIpc) is 3.89. The SMILES string of the molecule is CC(C)(C)C(O)Cn1ncn(-c2ccc(N3CCN(c4ccc(OC[C@H]5CO[C@](Cn6cncn6)(c6ccc(F)cc6F)C5)cc4)CC3)cc2)c1=O. The van der Waals surface area contributed by atoms with Crippen molar-refractivity contribution in [1.29, 1.82) is 0 Å². The lowest BCUT2D eigenvalue weighted by Gasteiger charge is -2.37. The fraction of sp³-hybridized carbons (Fsp3) is 0.421. The van der Waals surface area contributed by atoms with Crippen LogP contribution in [0, 0.1) is 23.0 Å². The molecule has 2 aromatic heterocycles. The molecule has 1 N–H and O–H groups in total. The highest BCUT2D eigenvalue weighted by Crippen LogP contribution is 2.42. The van der Waals surface area contributed by atoms with E-state index >= 15 is 0 Å². The summed E-state index contributed by atoms with van der Waals surface area (Å²) in [5, 5.41) is 18.8. The molecule has 0 radical (unpaired) electrons. The van der Waals surface area contributed by atoms with Crippen LogP contribution < -0.4 is 20.2 Å². The Morgan fingerprint density at radius 1 is 0.923 bits per heavy atom. The van der Waals surface area contributed by atoms with Crippen LogP contribution in [0.3, 0.4) is 0 Å². The summed E-state index contributed by atoms with van der Waals surface area (Å²) in [6, 6.07) is 19.5. The molecule has 14 heteroatoms. The number of benzene rings is 3. The van der Waals surface area contributed by atoms with Crippen molar-refractivity contribution < 1.29 is 23.4 Å². The smallest absolute Gasteiger partial charge is 0.350 e. The minimum atomic E-state index is -1.02. The Hall–Kier alpha value is -5.08. The van der Waals surface area contributed by atoms with E-state index in [1.54, 1.807) is 11.0 Å². The maximum absolute atomic E-state index is 15.0. The summed E-state index contributed by atoms with van der Waals surface area (Å²) in [7, 11) is 0. The number of rotatable bonds is 11. The Kier molecular flexibility index (Phi) is 9.86. The molecule has 3 aromatic carbocycles. The van der Waals surface area contributed by atoms with Gasteiger partial charge >= 0.3 is 5.69 Å². The molecule has 0 spiro atoms. The number of hydrogen-bond donors (Lipinski definition) is 1. The molecule has 2 aliphatic rings. The Morgan fingerprint density at radius 3 is 2.19 bits per heavy atom. The number of nitrogens with zero attached hydrogens (tertiary/aromatic N) is 8. The zero-order valence-corrected chi connectivity index (χ0v) is 29.6. The maximum atomic E-state index is 15.0. The summed E-state index contributed by atoms with van der Waals surface area (Å²) in [5.74, 6) is -0.565. The lowest BCUT2D eigenvalue weighted by atomic mass is 9.87. The monoisotopic (exact) mass is 714 g/mol. The van der Waals surface area contributed by atoms with Crippen LogP contribution in [-0.2, 0) is 23.4 Å². The van der Waals surface area contributed by atoms with Gasteiger partial charge in [0.2, 0.25) is 0 Å². The molecule has 3 atom stereocenters. The molecule has 0 amide bonds. The summed E-state index contributed by atoms with van der Waals surface area (Å²) < 4.78 is 45.5.